The molecule has 3 aliphatic rings. The van der Waals surface area contributed by atoms with Crippen LogP contribution in [0.25, 0.3) is 44.4 Å². The van der Waals surface area contributed by atoms with Crippen LogP contribution in [0.4, 0.5) is 4.39 Å². The van der Waals surface area contributed by atoms with Crippen LogP contribution in [0.5, 0.6) is 0 Å². The average molecular weight is 516 g/mol. The number of benzene rings is 2. The Morgan fingerprint density at radius 1 is 1.16 bits per heavy atom. The molecule has 0 radical (unpaired) electrons. The van der Waals surface area contributed by atoms with Crippen LogP contribution in [0.15, 0.2) is 36.5 Å². The molecule has 0 spiro atoms. The van der Waals surface area contributed by atoms with Crippen LogP contribution in [0.3, 0.4) is 0 Å². The molecule has 8 rings (SSSR count). The van der Waals surface area contributed by atoms with Crippen molar-refractivity contribution in [3.05, 3.63) is 52.9 Å². The van der Waals surface area contributed by atoms with E-state index in [1.54, 1.807) is 6.07 Å². The number of imidazole rings is 1. The third kappa shape index (κ3) is 3.16. The molecule has 188 valence electrons. The van der Waals surface area contributed by atoms with E-state index in [0.29, 0.717) is 45.3 Å². The minimum Gasteiger partial charge on any atom is -0.358 e. The van der Waals surface area contributed by atoms with Gasteiger partial charge >= 0.3 is 0 Å². The van der Waals surface area contributed by atoms with Gasteiger partial charge in [-0.05, 0) is 62.1 Å². The zero-order valence-corrected chi connectivity index (χ0v) is 21.4. The van der Waals surface area contributed by atoms with Crippen molar-refractivity contribution in [2.24, 2.45) is 18.9 Å². The van der Waals surface area contributed by atoms with Gasteiger partial charge in [0.1, 0.15) is 11.3 Å². The van der Waals surface area contributed by atoms with Crippen molar-refractivity contribution in [2.45, 2.75) is 44.7 Å². The molecule has 0 unspecified atom stereocenters. The van der Waals surface area contributed by atoms with Gasteiger partial charge in [0.2, 0.25) is 0 Å². The smallest absolute Gasteiger partial charge is 0.254 e. The number of hydrogen-bond donors (Lipinski definition) is 1. The van der Waals surface area contributed by atoms with Crippen LogP contribution in [-0.2, 0) is 13.6 Å². The molecule has 8 heteroatoms. The molecule has 1 saturated heterocycles. The molecule has 2 aromatic carbocycles. The van der Waals surface area contributed by atoms with E-state index < -0.39 is 5.82 Å². The number of aromatic nitrogens is 4. The molecule has 1 amide bonds. The molecule has 1 aliphatic heterocycles. The van der Waals surface area contributed by atoms with Crippen LogP contribution >= 0.6 is 11.6 Å². The molecule has 4 heterocycles. The van der Waals surface area contributed by atoms with Crippen molar-refractivity contribution in [1.29, 1.82) is 0 Å². The van der Waals surface area contributed by atoms with Crippen molar-refractivity contribution in [3.63, 3.8) is 0 Å². The predicted molar refractivity (Wildman–Crippen MR) is 143 cm³/mol. The van der Waals surface area contributed by atoms with Crippen LogP contribution in [0.1, 0.15) is 42.5 Å². The normalized spacial score (nSPS) is 21.3. The number of amides is 1. The lowest BCUT2D eigenvalue weighted by Crippen LogP contribution is -2.37. The van der Waals surface area contributed by atoms with Crippen LogP contribution in [0.2, 0.25) is 5.02 Å². The van der Waals surface area contributed by atoms with Crippen LogP contribution in [-0.4, -0.2) is 42.5 Å². The Kier molecular flexibility index (Phi) is 4.47. The van der Waals surface area contributed by atoms with Gasteiger partial charge in [0, 0.05) is 48.7 Å². The first-order chi connectivity index (χ1) is 18.0. The van der Waals surface area contributed by atoms with Crippen LogP contribution in [0, 0.1) is 17.7 Å². The minimum atomic E-state index is -0.408. The number of aryl methyl sites for hydroxylation is 1. The lowest BCUT2D eigenvalue weighted by Gasteiger charge is -2.27. The molecule has 3 fully saturated rings. The minimum absolute atomic E-state index is 0.0749. The van der Waals surface area contributed by atoms with E-state index in [9.17, 15) is 4.79 Å². The topological polar surface area (TPSA) is 58.9 Å². The first kappa shape index (κ1) is 21.7. The summed E-state index contributed by atoms with van der Waals surface area (Å²) in [5.41, 5.74) is 4.38. The molecular weight excluding hydrogens is 489 g/mol. The number of aromatic amines is 1. The lowest BCUT2D eigenvalue weighted by molar-refractivity contribution is 0.0703. The van der Waals surface area contributed by atoms with Crippen LogP contribution < -0.4 is 0 Å². The van der Waals surface area contributed by atoms with E-state index in [2.05, 4.69) is 21.7 Å². The number of carbonyl (C=O) groups excluding carboxylic acids is 1. The highest BCUT2D eigenvalue weighted by molar-refractivity contribution is 6.36. The Balaban J connectivity index is 1.29. The number of fused-ring (bicyclic) bond motifs is 6. The van der Waals surface area contributed by atoms with E-state index in [4.69, 9.17) is 16.6 Å². The van der Waals surface area contributed by atoms with Crippen molar-refractivity contribution in [2.75, 3.05) is 6.54 Å². The first-order valence-electron chi connectivity index (χ1n) is 13.2. The Hall–Kier alpha value is -3.32. The van der Waals surface area contributed by atoms with Crippen molar-refractivity contribution >= 4 is 50.3 Å². The van der Waals surface area contributed by atoms with Crippen molar-refractivity contribution in [1.82, 2.24) is 24.0 Å². The SMILES string of the molecule is Cn1c(-c2cc3ccc4c(Cl)c[nH]c4c3n2CC2CC2)nc2cc(C(=O)N3C[C@H]4CC[C@@H]3C4)cc(F)c21. The number of halogens is 2. The second kappa shape index (κ2) is 7.60. The molecule has 1 N–H and O–H groups in total. The second-order valence-corrected chi connectivity index (χ2v) is 11.7. The Morgan fingerprint density at radius 3 is 2.78 bits per heavy atom. The summed E-state index contributed by atoms with van der Waals surface area (Å²) in [5, 5.41) is 2.78. The van der Waals surface area contributed by atoms with E-state index >= 15 is 4.39 Å². The third-order valence-electron chi connectivity index (χ3n) is 8.87. The fourth-order valence-electron chi connectivity index (χ4n) is 6.84. The maximum atomic E-state index is 15.5. The summed E-state index contributed by atoms with van der Waals surface area (Å²) in [6.45, 7) is 1.66. The average Bonchev–Trinajstić information content (AvgIpc) is 3.27. The zero-order valence-electron chi connectivity index (χ0n) is 20.6. The third-order valence-corrected chi connectivity index (χ3v) is 9.18. The van der Waals surface area contributed by atoms with Gasteiger partial charge in [-0.25, -0.2) is 9.37 Å². The highest BCUT2D eigenvalue weighted by Crippen LogP contribution is 2.41. The Labute approximate surface area is 218 Å². The number of carbonyl (C=O) groups is 1. The first-order valence-corrected chi connectivity index (χ1v) is 13.6. The van der Waals surface area contributed by atoms with E-state index in [-0.39, 0.29) is 5.91 Å². The molecule has 5 aromatic rings. The van der Waals surface area contributed by atoms with Gasteiger partial charge in [0.25, 0.3) is 5.91 Å². The molecular formula is C29H27ClFN5O. The molecule has 2 saturated carbocycles. The number of H-pyrrole nitrogens is 1. The zero-order chi connectivity index (χ0) is 25.0. The van der Waals surface area contributed by atoms with E-state index in [1.165, 1.54) is 25.3 Å². The quantitative estimate of drug-likeness (QED) is 0.297. The summed E-state index contributed by atoms with van der Waals surface area (Å²) in [7, 11) is 1.86. The number of nitrogens with one attached hydrogen (secondary N) is 1. The number of rotatable bonds is 4. The maximum Gasteiger partial charge on any atom is 0.254 e. The summed E-state index contributed by atoms with van der Waals surface area (Å²) in [5.74, 6) is 1.44. The number of hydrogen-bond acceptors (Lipinski definition) is 2. The standard InChI is InChI=1S/C29H27ClFN5O/c1-34-27-22(31)9-18(29(37)35-14-16-4-6-19(35)8-16)10-23(27)33-28(34)24-11-17-5-7-20-21(30)12-32-25(20)26(17)36(24)13-15-2-3-15/h5,7,9-12,15-16,19,32H,2-4,6,8,13-14H2,1H3/t16-,19+/m0/s1. The van der Waals surface area contributed by atoms with E-state index in [1.807, 2.05) is 28.8 Å². The van der Waals surface area contributed by atoms with Gasteiger partial charge in [0.05, 0.1) is 27.3 Å². The second-order valence-electron chi connectivity index (χ2n) is 11.3. The lowest BCUT2D eigenvalue weighted by atomic mass is 10.1. The highest BCUT2D eigenvalue weighted by atomic mass is 35.5. The maximum absolute atomic E-state index is 15.5. The summed E-state index contributed by atoms with van der Waals surface area (Å²) in [6.07, 6.45) is 7.58. The Bertz CT molecular complexity index is 1760. The van der Waals surface area contributed by atoms with Gasteiger partial charge in [0.15, 0.2) is 5.82 Å². The van der Waals surface area contributed by atoms with Crippen molar-refractivity contribution < 1.29 is 9.18 Å². The molecule has 2 atom stereocenters. The molecule has 37 heavy (non-hydrogen) atoms. The monoisotopic (exact) mass is 515 g/mol. The van der Waals surface area contributed by atoms with Gasteiger partial charge in [-0.15, -0.1) is 0 Å². The fraction of sp³-hybridized carbons (Fsp3) is 0.379. The van der Waals surface area contributed by atoms with Crippen molar-refractivity contribution in [3.8, 4) is 11.5 Å². The van der Waals surface area contributed by atoms with E-state index in [0.717, 1.165) is 53.4 Å². The number of piperidine rings is 1. The summed E-state index contributed by atoms with van der Waals surface area (Å²) >= 11 is 6.44. The number of likely N-dealkylation sites (tertiary alicyclic amines) is 1. The van der Waals surface area contributed by atoms with Gasteiger partial charge in [-0.3, -0.25) is 4.79 Å². The molecule has 2 bridgehead atoms. The highest BCUT2D eigenvalue weighted by Gasteiger charge is 2.40. The predicted octanol–water partition coefficient (Wildman–Crippen LogP) is 6.50. The largest absolute Gasteiger partial charge is 0.358 e. The summed E-state index contributed by atoms with van der Waals surface area (Å²) in [6, 6.07) is 9.73. The molecule has 6 nitrogen and oxygen atoms in total. The fourth-order valence-corrected chi connectivity index (χ4v) is 7.05. The molecule has 2 aliphatic carbocycles. The number of nitrogens with zero attached hydrogens (tertiary/aromatic N) is 4. The van der Waals surface area contributed by atoms with Gasteiger partial charge in [-0.1, -0.05) is 23.7 Å². The van der Waals surface area contributed by atoms with Gasteiger partial charge < -0.3 is 19.0 Å². The van der Waals surface area contributed by atoms with Gasteiger partial charge in [-0.2, -0.15) is 0 Å². The summed E-state index contributed by atoms with van der Waals surface area (Å²) in [4.78, 5) is 23.6. The summed E-state index contributed by atoms with van der Waals surface area (Å²) < 4.78 is 19.7. The molecule has 3 aromatic heterocycles. The Morgan fingerprint density at radius 2 is 2.03 bits per heavy atom.